The summed E-state index contributed by atoms with van der Waals surface area (Å²) in [4.78, 5) is 28.3. The fraction of sp³-hybridized carbons (Fsp3) is 0.429. The molecule has 1 aliphatic carbocycles. The van der Waals surface area contributed by atoms with E-state index in [1.807, 2.05) is 29.2 Å². The molecule has 4 rings (SSSR count). The molecule has 136 valence electrons. The van der Waals surface area contributed by atoms with E-state index < -0.39 is 0 Å². The quantitative estimate of drug-likeness (QED) is 0.889. The molecule has 2 amide bonds. The number of aryl methyl sites for hydroxylation is 1. The Balaban J connectivity index is 1.36. The van der Waals surface area contributed by atoms with E-state index in [1.54, 1.807) is 11.3 Å². The zero-order chi connectivity index (χ0) is 18.1. The molecule has 4 nitrogen and oxygen atoms in total. The van der Waals surface area contributed by atoms with Gasteiger partial charge in [0.05, 0.1) is 4.88 Å². The lowest BCUT2D eigenvalue weighted by Crippen LogP contribution is -2.24. The fourth-order valence-corrected chi connectivity index (χ4v) is 4.93. The Morgan fingerprint density at radius 3 is 2.81 bits per heavy atom. The summed E-state index contributed by atoms with van der Waals surface area (Å²) in [7, 11) is 0. The van der Waals surface area contributed by atoms with Gasteiger partial charge in [-0.3, -0.25) is 9.59 Å². The maximum absolute atomic E-state index is 12.5. The van der Waals surface area contributed by atoms with E-state index in [2.05, 4.69) is 18.3 Å². The molecule has 1 atom stereocenters. The summed E-state index contributed by atoms with van der Waals surface area (Å²) in [6, 6.07) is 9.99. The maximum Gasteiger partial charge on any atom is 0.261 e. The van der Waals surface area contributed by atoms with Gasteiger partial charge in [-0.2, -0.15) is 0 Å². The second-order valence-corrected chi connectivity index (χ2v) is 8.54. The lowest BCUT2D eigenvalue weighted by atomic mass is 9.90. The summed E-state index contributed by atoms with van der Waals surface area (Å²) in [6.07, 6.45) is 4.99. The van der Waals surface area contributed by atoms with Crippen LogP contribution in [-0.4, -0.2) is 18.4 Å². The molecule has 1 aliphatic heterocycles. The number of carbonyl (C=O) groups is 2. The van der Waals surface area contributed by atoms with Crippen LogP contribution in [0.25, 0.3) is 0 Å². The zero-order valence-electron chi connectivity index (χ0n) is 15.1. The first-order valence-electron chi connectivity index (χ1n) is 9.39. The van der Waals surface area contributed by atoms with E-state index in [0.717, 1.165) is 41.9 Å². The van der Waals surface area contributed by atoms with Crippen LogP contribution in [0.5, 0.6) is 0 Å². The van der Waals surface area contributed by atoms with Crippen LogP contribution in [0.4, 0.5) is 5.69 Å². The van der Waals surface area contributed by atoms with Crippen molar-refractivity contribution in [1.29, 1.82) is 0 Å². The summed E-state index contributed by atoms with van der Waals surface area (Å²) in [6.45, 7) is 3.59. The Morgan fingerprint density at radius 2 is 2.08 bits per heavy atom. The number of nitrogens with one attached hydrogen (secondary N) is 1. The molecule has 1 N–H and O–H groups in total. The molecule has 1 aromatic heterocycles. The Kier molecular flexibility index (Phi) is 4.81. The molecule has 0 radical (unpaired) electrons. The standard InChI is InChI=1S/C21H24N2O2S/c1-14-4-9-18-16(11-14)12-19(26-18)21(25)22-13-15-5-7-17(8-6-15)23-10-2-3-20(23)24/h5-8,12,14H,2-4,9-11,13H2,1H3,(H,22,25)/t14-/m1/s1. The van der Waals surface area contributed by atoms with Crippen LogP contribution in [0.15, 0.2) is 30.3 Å². The summed E-state index contributed by atoms with van der Waals surface area (Å²) < 4.78 is 0. The average Bonchev–Trinajstić information content (AvgIpc) is 3.26. The summed E-state index contributed by atoms with van der Waals surface area (Å²) in [5.41, 5.74) is 3.35. The lowest BCUT2D eigenvalue weighted by Gasteiger charge is -2.16. The van der Waals surface area contributed by atoms with Crippen LogP contribution >= 0.6 is 11.3 Å². The highest BCUT2D eigenvalue weighted by atomic mass is 32.1. The van der Waals surface area contributed by atoms with Gasteiger partial charge in [0, 0.05) is 30.1 Å². The van der Waals surface area contributed by atoms with Crippen molar-refractivity contribution in [3.63, 3.8) is 0 Å². The van der Waals surface area contributed by atoms with Crippen molar-refractivity contribution >= 4 is 28.8 Å². The van der Waals surface area contributed by atoms with Crippen molar-refractivity contribution in [2.45, 2.75) is 45.6 Å². The molecule has 0 spiro atoms. The minimum atomic E-state index is 0.0100. The van der Waals surface area contributed by atoms with Crippen LogP contribution in [0.3, 0.4) is 0 Å². The number of thiophene rings is 1. The smallest absolute Gasteiger partial charge is 0.261 e. The van der Waals surface area contributed by atoms with Crippen molar-refractivity contribution in [1.82, 2.24) is 5.32 Å². The number of carbonyl (C=O) groups excluding carboxylic acids is 2. The number of anilines is 1. The third-order valence-electron chi connectivity index (χ3n) is 5.33. The molecule has 2 heterocycles. The molecule has 0 saturated carbocycles. The van der Waals surface area contributed by atoms with Gasteiger partial charge in [-0.15, -0.1) is 11.3 Å². The number of amides is 2. The van der Waals surface area contributed by atoms with Crippen molar-refractivity contribution < 1.29 is 9.59 Å². The Hall–Kier alpha value is -2.14. The third kappa shape index (κ3) is 3.54. The predicted octanol–water partition coefficient (Wildman–Crippen LogP) is 3.93. The highest BCUT2D eigenvalue weighted by Crippen LogP contribution is 2.32. The topological polar surface area (TPSA) is 49.4 Å². The summed E-state index contributed by atoms with van der Waals surface area (Å²) in [5.74, 6) is 0.923. The maximum atomic E-state index is 12.5. The highest BCUT2D eigenvalue weighted by molar-refractivity contribution is 7.14. The first-order chi connectivity index (χ1) is 12.6. The van der Waals surface area contributed by atoms with E-state index in [4.69, 9.17) is 0 Å². The van der Waals surface area contributed by atoms with E-state index in [-0.39, 0.29) is 11.8 Å². The molecule has 0 bridgehead atoms. The van der Waals surface area contributed by atoms with Gasteiger partial charge < -0.3 is 10.2 Å². The molecule has 1 aromatic carbocycles. The molecule has 5 heteroatoms. The predicted molar refractivity (Wildman–Crippen MR) is 105 cm³/mol. The second-order valence-electron chi connectivity index (χ2n) is 7.41. The Bertz CT molecular complexity index is 825. The van der Waals surface area contributed by atoms with Crippen LogP contribution in [0, 0.1) is 5.92 Å². The highest BCUT2D eigenvalue weighted by Gasteiger charge is 2.22. The normalized spacial score (nSPS) is 19.5. The molecule has 2 aromatic rings. The number of fused-ring (bicyclic) bond motifs is 1. The SMILES string of the molecule is C[C@@H]1CCc2sc(C(=O)NCc3ccc(N4CCCC4=O)cc3)cc2C1. The molecular weight excluding hydrogens is 344 g/mol. The van der Waals surface area contributed by atoms with Gasteiger partial charge in [0.25, 0.3) is 5.91 Å². The minimum absolute atomic E-state index is 0.0100. The van der Waals surface area contributed by atoms with Gasteiger partial charge in [0.15, 0.2) is 0 Å². The third-order valence-corrected chi connectivity index (χ3v) is 6.56. The van der Waals surface area contributed by atoms with E-state index >= 15 is 0 Å². The van der Waals surface area contributed by atoms with Gasteiger partial charge in [0.2, 0.25) is 5.91 Å². The van der Waals surface area contributed by atoms with Crippen LogP contribution in [0.1, 0.15) is 51.9 Å². The summed E-state index contributed by atoms with van der Waals surface area (Å²) in [5, 5.41) is 3.02. The Labute approximate surface area is 158 Å². The molecule has 26 heavy (non-hydrogen) atoms. The van der Waals surface area contributed by atoms with Crippen LogP contribution in [-0.2, 0) is 24.2 Å². The monoisotopic (exact) mass is 368 g/mol. The largest absolute Gasteiger partial charge is 0.347 e. The lowest BCUT2D eigenvalue weighted by molar-refractivity contribution is -0.117. The van der Waals surface area contributed by atoms with Gasteiger partial charge in [-0.25, -0.2) is 0 Å². The van der Waals surface area contributed by atoms with Crippen molar-refractivity contribution in [3.05, 3.63) is 51.2 Å². The van der Waals surface area contributed by atoms with Crippen molar-refractivity contribution in [2.75, 3.05) is 11.4 Å². The van der Waals surface area contributed by atoms with Gasteiger partial charge in [-0.05, 0) is 60.9 Å². The number of hydrogen-bond donors (Lipinski definition) is 1. The molecule has 1 fully saturated rings. The number of nitrogens with zero attached hydrogens (tertiary/aromatic N) is 1. The Morgan fingerprint density at radius 1 is 1.27 bits per heavy atom. The van der Waals surface area contributed by atoms with E-state index in [1.165, 1.54) is 16.9 Å². The van der Waals surface area contributed by atoms with Crippen molar-refractivity contribution in [2.24, 2.45) is 5.92 Å². The van der Waals surface area contributed by atoms with E-state index in [0.29, 0.717) is 18.9 Å². The zero-order valence-corrected chi connectivity index (χ0v) is 15.9. The van der Waals surface area contributed by atoms with E-state index in [9.17, 15) is 9.59 Å². The molecule has 1 saturated heterocycles. The average molecular weight is 369 g/mol. The second kappa shape index (κ2) is 7.23. The minimum Gasteiger partial charge on any atom is -0.347 e. The number of benzene rings is 1. The number of rotatable bonds is 4. The fourth-order valence-electron chi connectivity index (χ4n) is 3.80. The van der Waals surface area contributed by atoms with Crippen molar-refractivity contribution in [3.8, 4) is 0 Å². The van der Waals surface area contributed by atoms with Crippen LogP contribution in [0.2, 0.25) is 0 Å². The molecule has 2 aliphatic rings. The van der Waals surface area contributed by atoms with Gasteiger partial charge in [0.1, 0.15) is 0 Å². The summed E-state index contributed by atoms with van der Waals surface area (Å²) >= 11 is 1.64. The van der Waals surface area contributed by atoms with Gasteiger partial charge in [-0.1, -0.05) is 19.1 Å². The first kappa shape index (κ1) is 17.3. The number of hydrogen-bond acceptors (Lipinski definition) is 3. The van der Waals surface area contributed by atoms with Crippen LogP contribution < -0.4 is 10.2 Å². The first-order valence-corrected chi connectivity index (χ1v) is 10.2. The van der Waals surface area contributed by atoms with Gasteiger partial charge >= 0.3 is 0 Å². The molecular formula is C21H24N2O2S. The molecule has 0 unspecified atom stereocenters.